The van der Waals surface area contributed by atoms with E-state index in [-0.39, 0.29) is 5.75 Å². The molecule has 1 heterocycles. The molecule has 2 nitrogen and oxygen atoms in total. The van der Waals surface area contributed by atoms with Crippen molar-refractivity contribution in [2.75, 3.05) is 18.1 Å². The van der Waals surface area contributed by atoms with Crippen LogP contribution in [-0.4, -0.2) is 23.2 Å². The second kappa shape index (κ2) is 4.60. The molecule has 2 rings (SSSR count). The maximum atomic E-state index is 9.06. The van der Waals surface area contributed by atoms with Gasteiger partial charge in [0.1, 0.15) is 11.5 Å². The summed E-state index contributed by atoms with van der Waals surface area (Å²) < 4.78 is 5.55. The molecule has 3 heteroatoms. The van der Waals surface area contributed by atoms with Gasteiger partial charge in [-0.15, -0.1) is 0 Å². The van der Waals surface area contributed by atoms with Crippen LogP contribution in [-0.2, 0) is 0 Å². The first-order valence-corrected chi connectivity index (χ1v) is 5.99. The first kappa shape index (κ1) is 9.71. The minimum atomic E-state index is 0.285. The molecule has 0 radical (unpaired) electrons. The number of thioether (sulfide) groups is 1. The topological polar surface area (TPSA) is 29.5 Å². The quantitative estimate of drug-likeness (QED) is 0.828. The normalized spacial score (nSPS) is 16.3. The van der Waals surface area contributed by atoms with E-state index in [0.29, 0.717) is 0 Å². The second-order valence-electron chi connectivity index (χ2n) is 3.53. The zero-order valence-electron chi connectivity index (χ0n) is 7.98. The van der Waals surface area contributed by atoms with Crippen molar-refractivity contribution in [2.45, 2.75) is 6.42 Å². The van der Waals surface area contributed by atoms with Crippen LogP contribution in [0.2, 0.25) is 0 Å². The highest BCUT2D eigenvalue weighted by Gasteiger charge is 2.17. The zero-order chi connectivity index (χ0) is 9.80. The Morgan fingerprint density at radius 1 is 1.29 bits per heavy atom. The molecular weight excluding hydrogens is 196 g/mol. The van der Waals surface area contributed by atoms with Crippen LogP contribution in [0.4, 0.5) is 0 Å². The van der Waals surface area contributed by atoms with Gasteiger partial charge in [0.15, 0.2) is 0 Å². The fourth-order valence-electron chi connectivity index (χ4n) is 1.34. The van der Waals surface area contributed by atoms with Crippen molar-refractivity contribution in [1.82, 2.24) is 0 Å². The fourth-order valence-corrected chi connectivity index (χ4v) is 2.24. The van der Waals surface area contributed by atoms with Gasteiger partial charge in [0.25, 0.3) is 0 Å². The molecule has 0 spiro atoms. The number of phenols is 1. The lowest BCUT2D eigenvalue weighted by atomic mass is 10.1. The van der Waals surface area contributed by atoms with E-state index in [1.165, 1.54) is 11.5 Å². The van der Waals surface area contributed by atoms with Crippen molar-refractivity contribution in [1.29, 1.82) is 0 Å². The second-order valence-corrected chi connectivity index (χ2v) is 4.61. The van der Waals surface area contributed by atoms with Crippen LogP contribution in [0.3, 0.4) is 0 Å². The largest absolute Gasteiger partial charge is 0.508 e. The fraction of sp³-hybridized carbons (Fsp3) is 0.455. The van der Waals surface area contributed by atoms with Gasteiger partial charge in [-0.2, -0.15) is 11.8 Å². The van der Waals surface area contributed by atoms with E-state index in [4.69, 9.17) is 9.84 Å². The predicted octanol–water partition coefficient (Wildman–Crippen LogP) is 2.52. The van der Waals surface area contributed by atoms with Crippen LogP contribution in [0.25, 0.3) is 0 Å². The summed E-state index contributed by atoms with van der Waals surface area (Å²) in [5, 5.41) is 9.06. The lowest BCUT2D eigenvalue weighted by Crippen LogP contribution is -2.20. The Bertz CT molecular complexity index is 280. The van der Waals surface area contributed by atoms with Crippen LogP contribution in [0, 0.1) is 5.92 Å². The molecule has 0 amide bonds. The molecule has 14 heavy (non-hydrogen) atoms. The molecular formula is C11H14O2S. The average Bonchev–Trinajstić information content (AvgIpc) is 2.12. The molecule has 1 N–H and O–H groups in total. The molecule has 1 aromatic rings. The minimum absolute atomic E-state index is 0.285. The maximum Gasteiger partial charge on any atom is 0.119 e. The molecule has 0 atom stereocenters. The summed E-state index contributed by atoms with van der Waals surface area (Å²) in [6.45, 7) is 0.788. The van der Waals surface area contributed by atoms with Crippen LogP contribution < -0.4 is 4.74 Å². The third kappa shape index (κ3) is 2.58. The summed E-state index contributed by atoms with van der Waals surface area (Å²) >= 11 is 2.00. The molecule has 1 aliphatic rings. The summed E-state index contributed by atoms with van der Waals surface area (Å²) in [5.41, 5.74) is 0. The third-order valence-corrected chi connectivity index (χ3v) is 3.75. The average molecular weight is 210 g/mol. The number of rotatable bonds is 4. The van der Waals surface area contributed by atoms with Gasteiger partial charge >= 0.3 is 0 Å². The number of hydrogen-bond donors (Lipinski definition) is 1. The van der Waals surface area contributed by atoms with Crippen LogP contribution in [0.5, 0.6) is 11.5 Å². The van der Waals surface area contributed by atoms with E-state index >= 15 is 0 Å². The molecule has 0 aliphatic carbocycles. The van der Waals surface area contributed by atoms with Crippen molar-refractivity contribution in [3.8, 4) is 11.5 Å². The number of benzene rings is 1. The van der Waals surface area contributed by atoms with Gasteiger partial charge < -0.3 is 9.84 Å². The molecule has 0 bridgehead atoms. The van der Waals surface area contributed by atoms with Gasteiger partial charge in [-0.1, -0.05) is 0 Å². The van der Waals surface area contributed by atoms with Gasteiger partial charge in [-0.25, -0.2) is 0 Å². The Balaban J connectivity index is 1.71. The number of phenolic OH excluding ortho intramolecular Hbond substituents is 1. The van der Waals surface area contributed by atoms with Crippen LogP contribution >= 0.6 is 11.8 Å². The smallest absolute Gasteiger partial charge is 0.119 e. The Labute approximate surface area is 88.3 Å². The molecule has 1 saturated heterocycles. The summed E-state index contributed by atoms with van der Waals surface area (Å²) in [6.07, 6.45) is 1.15. The van der Waals surface area contributed by atoms with E-state index < -0.39 is 0 Å². The van der Waals surface area contributed by atoms with Crippen molar-refractivity contribution < 1.29 is 9.84 Å². The van der Waals surface area contributed by atoms with E-state index in [1.54, 1.807) is 24.3 Å². The Morgan fingerprint density at radius 2 is 2.00 bits per heavy atom. The minimum Gasteiger partial charge on any atom is -0.508 e. The highest BCUT2D eigenvalue weighted by atomic mass is 32.2. The summed E-state index contributed by atoms with van der Waals surface area (Å²) in [7, 11) is 0. The first-order valence-electron chi connectivity index (χ1n) is 4.84. The number of aromatic hydroxyl groups is 1. The predicted molar refractivity (Wildman–Crippen MR) is 59.0 cm³/mol. The highest BCUT2D eigenvalue weighted by molar-refractivity contribution is 8.00. The van der Waals surface area contributed by atoms with E-state index in [9.17, 15) is 0 Å². The van der Waals surface area contributed by atoms with E-state index in [2.05, 4.69) is 0 Å². The van der Waals surface area contributed by atoms with Gasteiger partial charge in [-0.3, -0.25) is 0 Å². The van der Waals surface area contributed by atoms with Gasteiger partial charge in [0.05, 0.1) is 6.61 Å². The summed E-state index contributed by atoms with van der Waals surface area (Å²) in [5.74, 6) is 4.57. The molecule has 1 fully saturated rings. The van der Waals surface area contributed by atoms with Crippen LogP contribution in [0.15, 0.2) is 24.3 Å². The van der Waals surface area contributed by atoms with Crippen molar-refractivity contribution in [3.63, 3.8) is 0 Å². The molecule has 1 aliphatic heterocycles. The standard InChI is InChI=1S/C11H14O2S/c12-10-1-3-11(4-2-10)13-6-5-9-7-14-8-9/h1-4,9,12H,5-8H2. The SMILES string of the molecule is Oc1ccc(OCCC2CSC2)cc1. The monoisotopic (exact) mass is 210 g/mol. The first-order chi connectivity index (χ1) is 6.84. The van der Waals surface area contributed by atoms with Gasteiger partial charge in [0.2, 0.25) is 0 Å². The zero-order valence-corrected chi connectivity index (χ0v) is 8.80. The van der Waals surface area contributed by atoms with E-state index in [0.717, 1.165) is 24.7 Å². The summed E-state index contributed by atoms with van der Waals surface area (Å²) in [6, 6.07) is 6.89. The van der Waals surface area contributed by atoms with Gasteiger partial charge in [-0.05, 0) is 48.1 Å². The molecule has 76 valence electrons. The Hall–Kier alpha value is -0.830. The Morgan fingerprint density at radius 3 is 2.57 bits per heavy atom. The molecule has 1 aromatic carbocycles. The van der Waals surface area contributed by atoms with Crippen LogP contribution in [0.1, 0.15) is 6.42 Å². The molecule has 0 aromatic heterocycles. The maximum absolute atomic E-state index is 9.06. The molecule has 0 unspecified atom stereocenters. The lowest BCUT2D eigenvalue weighted by molar-refractivity contribution is 0.288. The Kier molecular flexibility index (Phi) is 3.19. The highest BCUT2D eigenvalue weighted by Crippen LogP contribution is 2.27. The van der Waals surface area contributed by atoms with E-state index in [1.807, 2.05) is 11.8 Å². The number of ether oxygens (including phenoxy) is 1. The third-order valence-electron chi connectivity index (χ3n) is 2.34. The van der Waals surface area contributed by atoms with Crippen molar-refractivity contribution >= 4 is 11.8 Å². The van der Waals surface area contributed by atoms with Crippen molar-refractivity contribution in [2.24, 2.45) is 5.92 Å². The summed E-state index contributed by atoms with van der Waals surface area (Å²) in [4.78, 5) is 0. The molecule has 0 saturated carbocycles. The van der Waals surface area contributed by atoms with Crippen molar-refractivity contribution in [3.05, 3.63) is 24.3 Å². The van der Waals surface area contributed by atoms with Gasteiger partial charge in [0, 0.05) is 0 Å². The number of hydrogen-bond acceptors (Lipinski definition) is 3. The lowest BCUT2D eigenvalue weighted by Gasteiger charge is -2.24.